The molecule has 1 aliphatic rings. The van der Waals surface area contributed by atoms with E-state index in [1.165, 1.54) is 7.11 Å². The van der Waals surface area contributed by atoms with Gasteiger partial charge in [0.25, 0.3) is 5.91 Å². The van der Waals surface area contributed by atoms with Crippen LogP contribution in [0.4, 0.5) is 10.5 Å². The number of carbonyl (C=O) groups excluding carboxylic acids is 2. The Hall–Kier alpha value is -2.19. The molecule has 0 aromatic heterocycles. The van der Waals surface area contributed by atoms with Crippen molar-refractivity contribution >= 4 is 29.2 Å². The van der Waals surface area contributed by atoms with Gasteiger partial charge in [-0.05, 0) is 57.2 Å². The van der Waals surface area contributed by atoms with Crippen LogP contribution in [-0.4, -0.2) is 51.3 Å². The van der Waals surface area contributed by atoms with E-state index in [-0.39, 0.29) is 18.0 Å². The third-order valence-electron chi connectivity index (χ3n) is 5.85. The van der Waals surface area contributed by atoms with Gasteiger partial charge in [-0.2, -0.15) is 0 Å². The SMILES string of the molecule is CCCNC(=O)NCCCCCC(NC(=O)c1cc(Cl)c(N)cc1OC)C1CCNCC1. The highest BCUT2D eigenvalue weighted by Gasteiger charge is 2.26. The molecule has 0 aliphatic carbocycles. The minimum Gasteiger partial charge on any atom is -0.496 e. The number of halogens is 1. The van der Waals surface area contributed by atoms with Crippen molar-refractivity contribution in [3.63, 3.8) is 0 Å². The van der Waals surface area contributed by atoms with Crippen LogP contribution in [0.25, 0.3) is 0 Å². The van der Waals surface area contributed by atoms with Crippen molar-refractivity contribution in [2.45, 2.75) is 57.9 Å². The Morgan fingerprint density at radius 1 is 1.19 bits per heavy atom. The van der Waals surface area contributed by atoms with Crippen LogP contribution in [0.3, 0.4) is 0 Å². The Bertz CT molecular complexity index is 741. The second kappa shape index (κ2) is 14.1. The lowest BCUT2D eigenvalue weighted by Crippen LogP contribution is -2.44. The van der Waals surface area contributed by atoms with Crippen LogP contribution in [0.2, 0.25) is 5.02 Å². The van der Waals surface area contributed by atoms with Crippen LogP contribution in [-0.2, 0) is 0 Å². The van der Waals surface area contributed by atoms with Gasteiger partial charge in [0.1, 0.15) is 5.75 Å². The highest BCUT2D eigenvalue weighted by molar-refractivity contribution is 6.33. The smallest absolute Gasteiger partial charge is 0.314 e. The molecule has 0 radical (unpaired) electrons. The van der Waals surface area contributed by atoms with Crippen LogP contribution in [0.15, 0.2) is 12.1 Å². The molecule has 1 atom stereocenters. The number of nitrogen functional groups attached to an aromatic ring is 1. The molecule has 1 heterocycles. The van der Waals surface area contributed by atoms with E-state index in [0.29, 0.717) is 41.0 Å². The van der Waals surface area contributed by atoms with Gasteiger partial charge in [-0.1, -0.05) is 31.4 Å². The number of hydrogen-bond donors (Lipinski definition) is 5. The summed E-state index contributed by atoms with van der Waals surface area (Å²) >= 11 is 6.15. The van der Waals surface area contributed by atoms with E-state index in [9.17, 15) is 9.59 Å². The maximum absolute atomic E-state index is 13.1. The van der Waals surface area contributed by atoms with Crippen molar-refractivity contribution in [3.8, 4) is 5.75 Å². The second-order valence-corrected chi connectivity index (χ2v) is 8.68. The highest BCUT2D eigenvalue weighted by Crippen LogP contribution is 2.29. The molecular weight excluding hydrogens is 430 g/mol. The molecule has 1 aromatic rings. The van der Waals surface area contributed by atoms with Gasteiger partial charge < -0.3 is 31.7 Å². The molecule has 180 valence electrons. The summed E-state index contributed by atoms with van der Waals surface area (Å²) in [7, 11) is 1.51. The van der Waals surface area contributed by atoms with Gasteiger partial charge in [-0.15, -0.1) is 0 Å². The van der Waals surface area contributed by atoms with Crippen molar-refractivity contribution in [2.75, 3.05) is 39.0 Å². The zero-order valence-corrected chi connectivity index (χ0v) is 20.0. The lowest BCUT2D eigenvalue weighted by atomic mass is 9.87. The zero-order chi connectivity index (χ0) is 23.3. The first-order chi connectivity index (χ1) is 15.5. The molecule has 1 saturated heterocycles. The fourth-order valence-electron chi connectivity index (χ4n) is 4.00. The standard InChI is InChI=1S/C23H38ClN5O3/c1-3-10-27-23(31)28-11-6-4-5-7-20(16-8-12-26-13-9-16)29-22(30)17-14-18(24)19(25)15-21(17)32-2/h14-16,20,26H,3-13,25H2,1-2H3,(H,29,30)(H2,27,28,31). The molecule has 32 heavy (non-hydrogen) atoms. The van der Waals surface area contributed by atoms with E-state index in [1.54, 1.807) is 12.1 Å². The lowest BCUT2D eigenvalue weighted by Gasteiger charge is -2.31. The molecule has 3 amide bonds. The predicted molar refractivity (Wildman–Crippen MR) is 129 cm³/mol. The third kappa shape index (κ3) is 8.39. The number of nitrogens with one attached hydrogen (secondary N) is 4. The average Bonchev–Trinajstić information content (AvgIpc) is 2.80. The summed E-state index contributed by atoms with van der Waals surface area (Å²) in [4.78, 5) is 24.7. The van der Waals surface area contributed by atoms with E-state index in [2.05, 4.69) is 21.3 Å². The first-order valence-corrected chi connectivity index (χ1v) is 12.0. The average molecular weight is 468 g/mol. The largest absolute Gasteiger partial charge is 0.496 e. The van der Waals surface area contributed by atoms with Gasteiger partial charge in [0, 0.05) is 25.2 Å². The normalized spacial score (nSPS) is 15.1. The summed E-state index contributed by atoms with van der Waals surface area (Å²) in [6.07, 6.45) is 6.76. The van der Waals surface area contributed by atoms with Gasteiger partial charge in [0.2, 0.25) is 0 Å². The van der Waals surface area contributed by atoms with Crippen molar-refractivity contribution in [1.82, 2.24) is 21.3 Å². The molecule has 2 rings (SSSR count). The van der Waals surface area contributed by atoms with Gasteiger partial charge >= 0.3 is 6.03 Å². The monoisotopic (exact) mass is 467 g/mol. The first kappa shape index (κ1) is 26.1. The van der Waals surface area contributed by atoms with Crippen LogP contribution in [0.5, 0.6) is 5.75 Å². The van der Waals surface area contributed by atoms with E-state index < -0.39 is 0 Å². The van der Waals surface area contributed by atoms with Crippen LogP contribution in [0.1, 0.15) is 62.2 Å². The molecule has 1 aliphatic heterocycles. The number of benzene rings is 1. The third-order valence-corrected chi connectivity index (χ3v) is 6.17. The van der Waals surface area contributed by atoms with Gasteiger partial charge in [0.05, 0.1) is 23.4 Å². The molecule has 0 saturated carbocycles. The lowest BCUT2D eigenvalue weighted by molar-refractivity contribution is 0.0906. The number of hydrogen-bond acceptors (Lipinski definition) is 5. The van der Waals surface area contributed by atoms with Crippen LogP contribution in [0, 0.1) is 5.92 Å². The molecule has 9 heteroatoms. The Labute approximate surface area is 196 Å². The summed E-state index contributed by atoms with van der Waals surface area (Å²) in [5.41, 5.74) is 6.63. The van der Waals surface area contributed by atoms with Gasteiger partial charge in [-0.25, -0.2) is 4.79 Å². The van der Waals surface area contributed by atoms with Crippen LogP contribution < -0.4 is 31.7 Å². The minimum atomic E-state index is -0.193. The Kier molecular flexibility index (Phi) is 11.5. The number of amides is 3. The number of methoxy groups -OCH3 is 1. The number of urea groups is 1. The number of anilines is 1. The molecule has 0 spiro atoms. The minimum absolute atomic E-state index is 0.0754. The van der Waals surface area contributed by atoms with Gasteiger partial charge in [-0.3, -0.25) is 4.79 Å². The first-order valence-electron chi connectivity index (χ1n) is 11.6. The number of carbonyl (C=O) groups is 2. The molecular formula is C23H38ClN5O3. The summed E-state index contributed by atoms with van der Waals surface area (Å²) < 4.78 is 5.35. The molecule has 0 bridgehead atoms. The van der Waals surface area contributed by atoms with E-state index in [1.807, 2.05) is 6.92 Å². The molecule has 1 aromatic carbocycles. The maximum atomic E-state index is 13.1. The second-order valence-electron chi connectivity index (χ2n) is 8.27. The van der Waals surface area contributed by atoms with Crippen LogP contribution >= 0.6 is 11.6 Å². The van der Waals surface area contributed by atoms with Crippen molar-refractivity contribution in [1.29, 1.82) is 0 Å². The molecule has 1 unspecified atom stereocenters. The number of ether oxygens (including phenoxy) is 1. The molecule has 1 fully saturated rings. The fraction of sp³-hybridized carbons (Fsp3) is 0.652. The zero-order valence-electron chi connectivity index (χ0n) is 19.3. The summed E-state index contributed by atoms with van der Waals surface area (Å²) in [6, 6.07) is 3.12. The van der Waals surface area contributed by atoms with E-state index in [0.717, 1.165) is 58.0 Å². The topological polar surface area (TPSA) is 118 Å². The molecule has 8 nitrogen and oxygen atoms in total. The maximum Gasteiger partial charge on any atom is 0.314 e. The summed E-state index contributed by atoms with van der Waals surface area (Å²) in [6.45, 7) is 5.29. The quantitative estimate of drug-likeness (QED) is 0.239. The van der Waals surface area contributed by atoms with Gasteiger partial charge in [0.15, 0.2) is 0 Å². The van der Waals surface area contributed by atoms with Crippen molar-refractivity contribution in [3.05, 3.63) is 22.7 Å². The Morgan fingerprint density at radius 3 is 2.59 bits per heavy atom. The van der Waals surface area contributed by atoms with E-state index in [4.69, 9.17) is 22.1 Å². The fourth-order valence-corrected chi connectivity index (χ4v) is 4.17. The van der Waals surface area contributed by atoms with Crippen molar-refractivity contribution in [2.24, 2.45) is 5.92 Å². The number of rotatable bonds is 12. The Balaban J connectivity index is 1.90. The predicted octanol–water partition coefficient (Wildman–Crippen LogP) is 3.30. The highest BCUT2D eigenvalue weighted by atomic mass is 35.5. The Morgan fingerprint density at radius 2 is 1.91 bits per heavy atom. The summed E-state index contributed by atoms with van der Waals surface area (Å²) in [5, 5.41) is 12.6. The van der Waals surface area contributed by atoms with E-state index >= 15 is 0 Å². The number of nitrogens with two attached hydrogens (primary N) is 1. The number of piperidine rings is 1. The summed E-state index contributed by atoms with van der Waals surface area (Å²) in [5.74, 6) is 0.649. The molecule has 6 N–H and O–H groups in total. The number of unbranched alkanes of at least 4 members (excludes halogenated alkanes) is 2. The van der Waals surface area contributed by atoms with Crippen molar-refractivity contribution < 1.29 is 14.3 Å².